The predicted molar refractivity (Wildman–Crippen MR) is 98.4 cm³/mol. The van der Waals surface area contributed by atoms with Gasteiger partial charge in [0.1, 0.15) is 0 Å². The second kappa shape index (κ2) is 9.33. The third kappa shape index (κ3) is 5.66. The van der Waals surface area contributed by atoms with Crippen molar-refractivity contribution in [3.8, 4) is 0 Å². The van der Waals surface area contributed by atoms with Gasteiger partial charge in [-0.3, -0.25) is 4.68 Å². The maximum atomic E-state index is 11.1. The lowest BCUT2D eigenvalue weighted by molar-refractivity contribution is -0.149. The third-order valence-corrected chi connectivity index (χ3v) is 3.85. The minimum atomic E-state index is -1.17. The number of aliphatic hydroxyl groups excluding tert-OH is 1. The Bertz CT molecular complexity index is 784. The normalized spacial score (nSPS) is 16.3. The number of aromatic nitrogens is 2. The van der Waals surface area contributed by atoms with Crippen LogP contribution in [0.1, 0.15) is 19.9 Å². The van der Waals surface area contributed by atoms with E-state index < -0.39 is 12.1 Å². The van der Waals surface area contributed by atoms with Gasteiger partial charge >= 0.3 is 11.9 Å². The molecule has 0 amide bonds. The topological polar surface area (TPSA) is 115 Å². The molecule has 0 bridgehead atoms. The van der Waals surface area contributed by atoms with Gasteiger partial charge < -0.3 is 24.6 Å². The second-order valence-electron chi connectivity index (χ2n) is 6.22. The van der Waals surface area contributed by atoms with Gasteiger partial charge in [-0.25, -0.2) is 9.59 Å². The van der Waals surface area contributed by atoms with Crippen LogP contribution in [-0.2, 0) is 23.8 Å². The average Bonchev–Trinajstić information content (AvgIpc) is 3.44. The van der Waals surface area contributed by atoms with Crippen molar-refractivity contribution in [3.05, 3.63) is 24.4 Å². The van der Waals surface area contributed by atoms with Crippen molar-refractivity contribution in [2.45, 2.75) is 32.1 Å². The van der Waals surface area contributed by atoms with Crippen molar-refractivity contribution in [3.63, 3.8) is 0 Å². The van der Waals surface area contributed by atoms with Crippen molar-refractivity contribution >= 4 is 28.5 Å². The van der Waals surface area contributed by atoms with Gasteiger partial charge in [-0.05, 0) is 32.0 Å². The molecule has 2 N–H and O–H groups in total. The number of methoxy groups -OCH3 is 2. The van der Waals surface area contributed by atoms with Crippen LogP contribution in [0.3, 0.4) is 0 Å². The highest BCUT2D eigenvalue weighted by Crippen LogP contribution is 2.21. The van der Waals surface area contributed by atoms with E-state index in [1.54, 1.807) is 6.20 Å². The second-order valence-corrected chi connectivity index (χ2v) is 6.22. The van der Waals surface area contributed by atoms with E-state index >= 15 is 0 Å². The standard InChI is InChI=1S/C14H19N3O3.C4H6O3/c1-9(2)17-12-5-4-11(6-10(12)7-16-17)15-8-13(18)14(19)20-3;1-6-4(5)3-2-7-3/h4-7,9,13,15,18H,8H2,1-3H3;3H,2H2,1H3/t13-;3-/m11/s1. The zero-order valence-corrected chi connectivity index (χ0v) is 15.8. The van der Waals surface area contributed by atoms with Gasteiger partial charge in [0.2, 0.25) is 0 Å². The number of hydrogen-bond donors (Lipinski definition) is 2. The monoisotopic (exact) mass is 379 g/mol. The number of aliphatic hydroxyl groups is 1. The number of carbonyl (C=O) groups is 2. The van der Waals surface area contributed by atoms with E-state index in [0.29, 0.717) is 12.6 Å². The molecular weight excluding hydrogens is 354 g/mol. The van der Waals surface area contributed by atoms with Crippen LogP contribution < -0.4 is 5.32 Å². The molecule has 1 fully saturated rings. The fourth-order valence-electron chi connectivity index (χ4n) is 2.32. The fourth-order valence-corrected chi connectivity index (χ4v) is 2.32. The average molecular weight is 379 g/mol. The lowest BCUT2D eigenvalue weighted by Crippen LogP contribution is -2.29. The first-order valence-electron chi connectivity index (χ1n) is 8.53. The molecule has 27 heavy (non-hydrogen) atoms. The van der Waals surface area contributed by atoms with Gasteiger partial charge in [0, 0.05) is 17.1 Å². The quantitative estimate of drug-likeness (QED) is 0.567. The number of nitrogens with zero attached hydrogens (tertiary/aromatic N) is 2. The van der Waals surface area contributed by atoms with E-state index in [0.717, 1.165) is 16.6 Å². The highest BCUT2D eigenvalue weighted by atomic mass is 16.6. The molecule has 9 heteroatoms. The predicted octanol–water partition coefficient (Wildman–Crippen LogP) is 1.12. The number of hydrogen-bond acceptors (Lipinski definition) is 8. The van der Waals surface area contributed by atoms with Crippen molar-refractivity contribution in [1.29, 1.82) is 0 Å². The van der Waals surface area contributed by atoms with E-state index in [4.69, 9.17) is 0 Å². The third-order valence-electron chi connectivity index (χ3n) is 3.85. The van der Waals surface area contributed by atoms with Crippen molar-refractivity contribution < 1.29 is 28.9 Å². The number of ether oxygens (including phenoxy) is 3. The van der Waals surface area contributed by atoms with E-state index in [2.05, 4.69) is 38.5 Å². The van der Waals surface area contributed by atoms with Gasteiger partial charge in [0.05, 0.1) is 39.1 Å². The van der Waals surface area contributed by atoms with E-state index in [1.807, 2.05) is 22.9 Å². The van der Waals surface area contributed by atoms with Crippen LogP contribution in [0.15, 0.2) is 24.4 Å². The molecular formula is C18H25N3O6. The summed E-state index contributed by atoms with van der Waals surface area (Å²) >= 11 is 0. The zero-order chi connectivity index (χ0) is 20.0. The van der Waals surface area contributed by atoms with E-state index in [-0.39, 0.29) is 18.6 Å². The number of carbonyl (C=O) groups excluding carboxylic acids is 2. The first-order valence-corrected chi connectivity index (χ1v) is 8.53. The molecule has 0 spiro atoms. The first kappa shape index (κ1) is 20.7. The molecule has 1 aliphatic heterocycles. The molecule has 0 aliphatic carbocycles. The minimum absolute atomic E-state index is 0.108. The Morgan fingerprint density at radius 2 is 2.07 bits per heavy atom. The van der Waals surface area contributed by atoms with Crippen LogP contribution >= 0.6 is 0 Å². The molecule has 1 saturated heterocycles. The molecule has 0 unspecified atom stereocenters. The summed E-state index contributed by atoms with van der Waals surface area (Å²) in [6.45, 7) is 4.79. The van der Waals surface area contributed by atoms with Crippen LogP contribution in [-0.4, -0.2) is 66.4 Å². The number of fused-ring (bicyclic) bond motifs is 1. The summed E-state index contributed by atoms with van der Waals surface area (Å²) < 4.78 is 15.3. The molecule has 0 saturated carbocycles. The first-order chi connectivity index (χ1) is 12.9. The summed E-state index contributed by atoms with van der Waals surface area (Å²) in [5, 5.41) is 17.9. The minimum Gasteiger partial charge on any atom is -0.467 e. The van der Waals surface area contributed by atoms with Crippen molar-refractivity contribution in [2.24, 2.45) is 0 Å². The Morgan fingerprint density at radius 3 is 2.59 bits per heavy atom. The SMILES string of the molecule is COC(=O)[C@H](O)CNc1ccc2c(cnn2C(C)C)c1.COC(=O)[C@H]1CO1. The van der Waals surface area contributed by atoms with E-state index in [1.165, 1.54) is 14.2 Å². The van der Waals surface area contributed by atoms with Crippen LogP contribution in [0.5, 0.6) is 0 Å². The summed E-state index contributed by atoms with van der Waals surface area (Å²) in [7, 11) is 2.60. The number of rotatable bonds is 6. The molecule has 9 nitrogen and oxygen atoms in total. The molecule has 2 atom stereocenters. The van der Waals surface area contributed by atoms with E-state index in [9.17, 15) is 14.7 Å². The summed E-state index contributed by atoms with van der Waals surface area (Å²) in [4.78, 5) is 21.3. The molecule has 3 rings (SSSR count). The number of epoxide rings is 1. The molecule has 0 radical (unpaired) electrons. The fraction of sp³-hybridized carbons (Fsp3) is 0.500. The van der Waals surface area contributed by atoms with Gasteiger partial charge in [0.25, 0.3) is 0 Å². The van der Waals surface area contributed by atoms with Crippen LogP contribution in [0.2, 0.25) is 0 Å². The highest BCUT2D eigenvalue weighted by molar-refractivity contribution is 5.83. The van der Waals surface area contributed by atoms with Crippen LogP contribution in [0.25, 0.3) is 10.9 Å². The smallest absolute Gasteiger partial charge is 0.337 e. The zero-order valence-electron chi connectivity index (χ0n) is 15.8. The number of nitrogens with one attached hydrogen (secondary N) is 1. The highest BCUT2D eigenvalue weighted by Gasteiger charge is 2.31. The Hall–Kier alpha value is -2.65. The van der Waals surface area contributed by atoms with Gasteiger partial charge in [-0.2, -0.15) is 5.10 Å². The van der Waals surface area contributed by atoms with Crippen LogP contribution in [0.4, 0.5) is 5.69 Å². The molecule has 148 valence electrons. The van der Waals surface area contributed by atoms with Gasteiger partial charge in [0.15, 0.2) is 12.2 Å². The van der Waals surface area contributed by atoms with Crippen LogP contribution in [0, 0.1) is 0 Å². The largest absolute Gasteiger partial charge is 0.467 e. The van der Waals surface area contributed by atoms with Crippen molar-refractivity contribution in [1.82, 2.24) is 9.78 Å². The molecule has 1 aromatic carbocycles. The Labute approximate surface area is 157 Å². The summed E-state index contributed by atoms with van der Waals surface area (Å²) in [6, 6.07) is 6.10. The number of anilines is 1. The maximum absolute atomic E-state index is 11.1. The lowest BCUT2D eigenvalue weighted by atomic mass is 10.2. The molecule has 1 aliphatic rings. The Balaban J connectivity index is 0.000000313. The Kier molecular flexibility index (Phi) is 7.14. The van der Waals surface area contributed by atoms with Gasteiger partial charge in [-0.1, -0.05) is 0 Å². The molecule has 2 aromatic rings. The maximum Gasteiger partial charge on any atom is 0.337 e. The summed E-state index contributed by atoms with van der Waals surface area (Å²) in [6.07, 6.45) is 0.385. The summed E-state index contributed by atoms with van der Waals surface area (Å²) in [5.74, 6) is -0.911. The Morgan fingerprint density at radius 1 is 1.37 bits per heavy atom. The van der Waals surface area contributed by atoms with Crippen molar-refractivity contribution in [2.75, 3.05) is 32.7 Å². The number of benzene rings is 1. The van der Waals surface area contributed by atoms with Gasteiger partial charge in [-0.15, -0.1) is 0 Å². The molecule has 2 heterocycles. The molecule has 1 aromatic heterocycles. The summed E-state index contributed by atoms with van der Waals surface area (Å²) in [5.41, 5.74) is 1.88. The number of esters is 2. The lowest BCUT2D eigenvalue weighted by Gasteiger charge is -2.11.